The monoisotopic (exact) mass is 165 g/mol. The molecular formula is C8H11N3O. The summed E-state index contributed by atoms with van der Waals surface area (Å²) in [5.74, 6) is 0. The fraction of sp³-hybridized carbons (Fsp3) is 0.250. The second-order valence-electron chi connectivity index (χ2n) is 2.49. The minimum atomic E-state index is 0.479. The van der Waals surface area contributed by atoms with Gasteiger partial charge < -0.3 is 5.21 Å². The van der Waals surface area contributed by atoms with E-state index < -0.39 is 0 Å². The van der Waals surface area contributed by atoms with Gasteiger partial charge in [0.2, 0.25) is 0 Å². The van der Waals surface area contributed by atoms with E-state index in [0.29, 0.717) is 4.86 Å². The van der Waals surface area contributed by atoms with Crippen LogP contribution in [0.2, 0.25) is 0 Å². The van der Waals surface area contributed by atoms with Crippen molar-refractivity contribution in [2.24, 2.45) is 5.22 Å². The van der Waals surface area contributed by atoms with E-state index in [1.54, 1.807) is 0 Å². The van der Waals surface area contributed by atoms with Gasteiger partial charge in [0.15, 0.2) is 0 Å². The quantitative estimate of drug-likeness (QED) is 0.413. The molecule has 0 aliphatic rings. The van der Waals surface area contributed by atoms with Gasteiger partial charge in [-0.05, 0) is 18.6 Å². The van der Waals surface area contributed by atoms with E-state index in [2.05, 4.69) is 10.6 Å². The van der Waals surface area contributed by atoms with Crippen molar-refractivity contribution >= 4 is 5.69 Å². The van der Waals surface area contributed by atoms with E-state index in [9.17, 15) is 5.21 Å². The molecule has 1 rings (SSSR count). The summed E-state index contributed by atoms with van der Waals surface area (Å²) in [6.07, 6.45) is 0. The number of anilines is 1. The summed E-state index contributed by atoms with van der Waals surface area (Å²) in [6, 6.07) is 7.63. The maximum atomic E-state index is 10.4. The molecule has 0 aliphatic heterocycles. The van der Waals surface area contributed by atoms with E-state index in [-0.39, 0.29) is 0 Å². The lowest BCUT2D eigenvalue weighted by molar-refractivity contribution is -0.497. The van der Waals surface area contributed by atoms with E-state index in [0.717, 1.165) is 11.3 Å². The molecule has 0 saturated carbocycles. The Morgan fingerprint density at radius 3 is 2.67 bits per heavy atom. The lowest BCUT2D eigenvalue weighted by atomic mass is 10.2. The van der Waals surface area contributed by atoms with Crippen molar-refractivity contribution in [2.45, 2.75) is 6.92 Å². The number of rotatable bonds is 2. The number of benzene rings is 1. The Kier molecular flexibility index (Phi) is 2.63. The average Bonchev–Trinajstić information content (AvgIpc) is 2.03. The Morgan fingerprint density at radius 2 is 2.08 bits per heavy atom. The van der Waals surface area contributed by atoms with Crippen LogP contribution in [-0.2, 0) is 0 Å². The molecule has 0 amide bonds. The van der Waals surface area contributed by atoms with Gasteiger partial charge in [0.05, 0.1) is 5.22 Å². The van der Waals surface area contributed by atoms with Crippen LogP contribution in [0.3, 0.4) is 0 Å². The fourth-order valence-corrected chi connectivity index (χ4v) is 0.823. The largest absolute Gasteiger partial charge is 0.696 e. The second kappa shape index (κ2) is 3.71. The van der Waals surface area contributed by atoms with Crippen LogP contribution in [0, 0.1) is 12.1 Å². The zero-order valence-corrected chi connectivity index (χ0v) is 7.11. The number of hydrogen-bond acceptors (Lipinski definition) is 2. The first-order chi connectivity index (χ1) is 5.70. The first-order valence-electron chi connectivity index (χ1n) is 3.63. The summed E-state index contributed by atoms with van der Waals surface area (Å²) < 4.78 is 0. The molecule has 1 N–H and O–H groups in total. The zero-order chi connectivity index (χ0) is 8.97. The topological polar surface area (TPSA) is 50.5 Å². The summed E-state index contributed by atoms with van der Waals surface area (Å²) in [5.41, 5.74) is 4.56. The molecule has 0 spiro atoms. The van der Waals surface area contributed by atoms with Crippen LogP contribution in [0.15, 0.2) is 29.5 Å². The number of nitrogens with one attached hydrogen (secondary N) is 1. The molecule has 4 nitrogen and oxygen atoms in total. The number of nitrogens with zero attached hydrogens (tertiary/aromatic N) is 2. The van der Waals surface area contributed by atoms with Crippen molar-refractivity contribution in [1.29, 1.82) is 0 Å². The van der Waals surface area contributed by atoms with Gasteiger partial charge in [-0.15, -0.1) is 5.43 Å². The van der Waals surface area contributed by atoms with Crippen LogP contribution in [0.25, 0.3) is 0 Å². The van der Waals surface area contributed by atoms with Gasteiger partial charge in [0.1, 0.15) is 12.7 Å². The van der Waals surface area contributed by atoms with Crippen LogP contribution in [-0.4, -0.2) is 11.9 Å². The molecule has 0 radical (unpaired) electrons. The lowest BCUT2D eigenvalue weighted by Crippen LogP contribution is -1.97. The molecule has 0 saturated heterocycles. The van der Waals surface area contributed by atoms with E-state index in [1.807, 2.05) is 31.2 Å². The van der Waals surface area contributed by atoms with Crippen molar-refractivity contribution in [3.05, 3.63) is 35.0 Å². The van der Waals surface area contributed by atoms with Gasteiger partial charge in [-0.25, -0.2) is 0 Å². The smallest absolute Gasteiger partial charge is 0.149 e. The number of hydroxylamine groups is 1. The average molecular weight is 165 g/mol. The molecule has 0 bridgehead atoms. The Labute approximate surface area is 71.1 Å². The minimum absolute atomic E-state index is 0.479. The highest BCUT2D eigenvalue weighted by Crippen LogP contribution is 2.12. The summed E-state index contributed by atoms with van der Waals surface area (Å²) in [5, 5.41) is 13.9. The first kappa shape index (κ1) is 8.52. The third kappa shape index (κ3) is 2.23. The van der Waals surface area contributed by atoms with E-state index in [4.69, 9.17) is 0 Å². The maximum absolute atomic E-state index is 10.4. The van der Waals surface area contributed by atoms with Crippen LogP contribution >= 0.6 is 0 Å². The lowest BCUT2D eigenvalue weighted by Gasteiger charge is -1.99. The Morgan fingerprint density at radius 1 is 1.42 bits per heavy atom. The van der Waals surface area contributed by atoms with Crippen LogP contribution in [0.4, 0.5) is 5.69 Å². The highest BCUT2D eigenvalue weighted by atomic mass is 16.5. The molecule has 4 heteroatoms. The van der Waals surface area contributed by atoms with Gasteiger partial charge in [0, 0.05) is 0 Å². The summed E-state index contributed by atoms with van der Waals surface area (Å²) in [7, 11) is 1.32. The molecule has 0 aliphatic carbocycles. The normalized spacial score (nSPS) is 11.3. The SMILES string of the molecule is Cc1ccccc1NN=[N+](C)[O-]. The van der Waals surface area contributed by atoms with Crippen molar-refractivity contribution in [1.82, 2.24) is 0 Å². The van der Waals surface area contributed by atoms with Crippen molar-refractivity contribution < 1.29 is 4.86 Å². The third-order valence-corrected chi connectivity index (χ3v) is 1.46. The zero-order valence-electron chi connectivity index (χ0n) is 7.11. The first-order valence-corrected chi connectivity index (χ1v) is 3.63. The number of aryl methyl sites for hydroxylation is 1. The molecule has 0 aromatic heterocycles. The minimum Gasteiger partial charge on any atom is -0.696 e. The maximum Gasteiger partial charge on any atom is 0.149 e. The van der Waals surface area contributed by atoms with E-state index >= 15 is 0 Å². The molecule has 0 fully saturated rings. The summed E-state index contributed by atoms with van der Waals surface area (Å²) in [6.45, 7) is 1.95. The predicted octanol–water partition coefficient (Wildman–Crippen LogP) is 1.91. The molecule has 12 heavy (non-hydrogen) atoms. The molecule has 0 atom stereocenters. The Bertz CT molecular complexity index is 292. The highest BCUT2D eigenvalue weighted by molar-refractivity contribution is 5.49. The molecule has 1 aromatic carbocycles. The van der Waals surface area contributed by atoms with Gasteiger partial charge in [-0.3, -0.25) is 0 Å². The van der Waals surface area contributed by atoms with Gasteiger partial charge in [0.25, 0.3) is 0 Å². The Balaban J connectivity index is 2.76. The third-order valence-electron chi connectivity index (χ3n) is 1.46. The van der Waals surface area contributed by atoms with E-state index in [1.165, 1.54) is 7.05 Å². The standard InChI is InChI=1S/C8H11N3O/c1-7-5-3-4-6-8(7)9-10-11(2)12/h3-6,9H,1-2H3. The van der Waals surface area contributed by atoms with Gasteiger partial charge >= 0.3 is 0 Å². The molecule has 0 unspecified atom stereocenters. The van der Waals surface area contributed by atoms with Crippen LogP contribution in [0.5, 0.6) is 0 Å². The molecule has 64 valence electrons. The number of para-hydroxylation sites is 1. The van der Waals surface area contributed by atoms with Gasteiger partial charge in [-0.2, -0.15) is 4.86 Å². The van der Waals surface area contributed by atoms with Crippen molar-refractivity contribution in [2.75, 3.05) is 12.5 Å². The summed E-state index contributed by atoms with van der Waals surface area (Å²) in [4.78, 5) is 0.479. The van der Waals surface area contributed by atoms with Gasteiger partial charge in [-0.1, -0.05) is 18.2 Å². The molecular weight excluding hydrogens is 154 g/mol. The second-order valence-corrected chi connectivity index (χ2v) is 2.49. The summed E-state index contributed by atoms with van der Waals surface area (Å²) >= 11 is 0. The highest BCUT2D eigenvalue weighted by Gasteiger charge is 1.97. The Hall–Kier alpha value is -1.58. The number of hydrogen-bond donors (Lipinski definition) is 1. The van der Waals surface area contributed by atoms with Crippen molar-refractivity contribution in [3.63, 3.8) is 0 Å². The van der Waals surface area contributed by atoms with Crippen molar-refractivity contribution in [3.8, 4) is 0 Å². The molecule has 0 heterocycles. The van der Waals surface area contributed by atoms with Crippen LogP contribution < -0.4 is 5.43 Å². The van der Waals surface area contributed by atoms with Crippen LogP contribution in [0.1, 0.15) is 5.56 Å². The molecule has 1 aromatic rings. The fourth-order valence-electron chi connectivity index (χ4n) is 0.823. The predicted molar refractivity (Wildman–Crippen MR) is 46.8 cm³/mol.